The molecule has 1 fully saturated rings. The lowest BCUT2D eigenvalue weighted by atomic mass is 9.97. The van der Waals surface area contributed by atoms with E-state index in [1.165, 1.54) is 16.9 Å². The molecule has 1 aromatic carbocycles. The Kier molecular flexibility index (Phi) is 6.10. The van der Waals surface area contributed by atoms with Crippen LogP contribution >= 0.6 is 11.3 Å². The van der Waals surface area contributed by atoms with E-state index in [1.807, 2.05) is 6.92 Å². The molecule has 13 heteroatoms. The van der Waals surface area contributed by atoms with Crippen molar-refractivity contribution in [3.63, 3.8) is 0 Å². The zero-order chi connectivity index (χ0) is 26.7. The minimum Gasteiger partial charge on any atom is -0.502 e. The standard InChI is InChI=1S/C24H25F2N5O4S2/c1-4-30-23(34)19-21(33)20(32)16(13-31(19)29(2)24(30)7-9-37(3,35)10-8-24)22-28-27-18(36-22)11-14-5-6-15(25)12-17(14)26/h5-6,12-13,33H,3-4,7-11H2,1-2H3. The molecule has 1 saturated heterocycles. The van der Waals surface area contributed by atoms with Crippen molar-refractivity contribution in [3.05, 3.63) is 62.5 Å². The van der Waals surface area contributed by atoms with Gasteiger partial charge in [-0.1, -0.05) is 17.4 Å². The van der Waals surface area contributed by atoms with Gasteiger partial charge in [-0.05, 0) is 33.9 Å². The monoisotopic (exact) mass is 549 g/mol. The number of hydrogen-bond donors (Lipinski definition) is 1. The summed E-state index contributed by atoms with van der Waals surface area (Å²) in [5.74, 6) is 1.91. The minimum atomic E-state index is -2.24. The summed E-state index contributed by atoms with van der Waals surface area (Å²) < 4.78 is 41.4. The second kappa shape index (κ2) is 8.91. The molecule has 0 radical (unpaired) electrons. The molecule has 0 bridgehead atoms. The van der Waals surface area contributed by atoms with Gasteiger partial charge in [-0.3, -0.25) is 23.5 Å². The van der Waals surface area contributed by atoms with Crippen LogP contribution in [0.2, 0.25) is 0 Å². The van der Waals surface area contributed by atoms with Crippen molar-refractivity contribution in [2.45, 2.75) is 31.8 Å². The summed E-state index contributed by atoms with van der Waals surface area (Å²) in [7, 11) is -0.485. The maximum absolute atomic E-state index is 14.1. The number of nitrogens with zero attached hydrogens (tertiary/aromatic N) is 5. The van der Waals surface area contributed by atoms with Gasteiger partial charge in [-0.2, -0.15) is 0 Å². The number of amides is 1. The average molecular weight is 550 g/mol. The van der Waals surface area contributed by atoms with Gasteiger partial charge in [0.1, 0.15) is 22.3 Å². The third-order valence-electron chi connectivity index (χ3n) is 7.16. The highest BCUT2D eigenvalue weighted by molar-refractivity contribution is 8.00. The van der Waals surface area contributed by atoms with Crippen LogP contribution in [-0.2, 0) is 15.9 Å². The van der Waals surface area contributed by atoms with E-state index in [4.69, 9.17) is 0 Å². The lowest BCUT2D eigenvalue weighted by Gasteiger charge is -2.56. The fourth-order valence-corrected chi connectivity index (χ4v) is 7.56. The summed E-state index contributed by atoms with van der Waals surface area (Å²) in [5.41, 5.74) is -1.49. The van der Waals surface area contributed by atoms with Crippen LogP contribution in [0.3, 0.4) is 0 Å². The molecule has 0 saturated carbocycles. The number of carbonyl (C=O) groups is 1. The van der Waals surface area contributed by atoms with Crippen molar-refractivity contribution < 1.29 is 22.9 Å². The van der Waals surface area contributed by atoms with Crippen LogP contribution in [0.4, 0.5) is 8.78 Å². The Hall–Kier alpha value is -3.32. The predicted octanol–water partition coefficient (Wildman–Crippen LogP) is 2.19. The van der Waals surface area contributed by atoms with Crippen molar-refractivity contribution >= 4 is 32.6 Å². The maximum atomic E-state index is 14.1. The Labute approximate surface area is 216 Å². The van der Waals surface area contributed by atoms with E-state index in [9.17, 15) is 27.7 Å². The summed E-state index contributed by atoms with van der Waals surface area (Å²) in [4.78, 5) is 28.3. The molecular formula is C24H25F2N5O4S2. The molecule has 2 aromatic heterocycles. The lowest BCUT2D eigenvalue weighted by molar-refractivity contribution is 0.0262. The summed E-state index contributed by atoms with van der Waals surface area (Å²) in [6.45, 7) is 2.14. The molecule has 1 amide bonds. The Balaban J connectivity index is 1.57. The zero-order valence-corrected chi connectivity index (χ0v) is 21.9. The molecule has 196 valence electrons. The van der Waals surface area contributed by atoms with Crippen molar-refractivity contribution in [2.75, 3.05) is 30.1 Å². The molecule has 0 unspecified atom stereocenters. The summed E-state index contributed by atoms with van der Waals surface area (Å²) in [6.07, 6.45) is 2.32. The van der Waals surface area contributed by atoms with E-state index >= 15 is 0 Å². The van der Waals surface area contributed by atoms with Gasteiger partial charge in [-0.25, -0.2) is 8.78 Å². The number of fused-ring (bicyclic) bond motifs is 1. The van der Waals surface area contributed by atoms with Gasteiger partial charge in [0.2, 0.25) is 5.43 Å². The number of benzene rings is 1. The lowest BCUT2D eigenvalue weighted by Crippen LogP contribution is -2.71. The second-order valence-corrected chi connectivity index (χ2v) is 13.1. The zero-order valence-electron chi connectivity index (χ0n) is 20.2. The van der Waals surface area contributed by atoms with E-state index in [0.29, 0.717) is 35.9 Å². The first kappa shape index (κ1) is 25.3. The topological polar surface area (TPSA) is 109 Å². The van der Waals surface area contributed by atoms with Crippen LogP contribution in [0, 0.1) is 11.6 Å². The minimum absolute atomic E-state index is 0.0288. The van der Waals surface area contributed by atoms with Crippen LogP contribution in [0.5, 0.6) is 5.75 Å². The highest BCUT2D eigenvalue weighted by atomic mass is 32.2. The quantitative estimate of drug-likeness (QED) is 0.497. The van der Waals surface area contributed by atoms with Crippen molar-refractivity contribution in [1.29, 1.82) is 0 Å². The molecule has 2 aliphatic heterocycles. The van der Waals surface area contributed by atoms with E-state index in [2.05, 4.69) is 16.1 Å². The molecule has 0 atom stereocenters. The summed E-state index contributed by atoms with van der Waals surface area (Å²) in [6, 6.07) is 3.25. The smallest absolute Gasteiger partial charge is 0.278 e. The van der Waals surface area contributed by atoms with Crippen LogP contribution < -0.4 is 10.4 Å². The van der Waals surface area contributed by atoms with Crippen LogP contribution in [-0.4, -0.2) is 71.6 Å². The van der Waals surface area contributed by atoms with Gasteiger partial charge in [0.05, 0.1) is 5.56 Å². The van der Waals surface area contributed by atoms with Crippen molar-refractivity contribution in [3.8, 4) is 16.3 Å². The van der Waals surface area contributed by atoms with E-state index in [-0.39, 0.29) is 28.2 Å². The molecule has 0 aliphatic carbocycles. The fourth-order valence-electron chi connectivity index (χ4n) is 5.09. The molecule has 5 rings (SSSR count). The summed E-state index contributed by atoms with van der Waals surface area (Å²) >= 11 is 1.03. The van der Waals surface area contributed by atoms with E-state index in [1.54, 1.807) is 17.0 Å². The van der Waals surface area contributed by atoms with Crippen molar-refractivity contribution in [2.24, 2.45) is 0 Å². The van der Waals surface area contributed by atoms with Crippen LogP contribution in [0.1, 0.15) is 40.8 Å². The third kappa shape index (κ3) is 4.09. The van der Waals surface area contributed by atoms with Gasteiger partial charge >= 0.3 is 0 Å². The molecule has 9 nitrogen and oxygen atoms in total. The number of carbonyl (C=O) groups excluding carboxylic acids is 1. The number of hydrogen-bond acceptors (Lipinski definition) is 8. The first-order valence-electron chi connectivity index (χ1n) is 11.6. The number of rotatable bonds is 4. The Morgan fingerprint density at radius 1 is 1.22 bits per heavy atom. The van der Waals surface area contributed by atoms with Crippen LogP contribution in [0.15, 0.2) is 29.2 Å². The highest BCUT2D eigenvalue weighted by Gasteiger charge is 2.51. The Bertz CT molecular complexity index is 1570. The average Bonchev–Trinajstić information content (AvgIpc) is 3.31. The first-order chi connectivity index (χ1) is 17.5. The number of aromatic nitrogens is 3. The summed E-state index contributed by atoms with van der Waals surface area (Å²) in [5, 5.41) is 21.3. The molecule has 3 aromatic rings. The molecular weight excluding hydrogens is 524 g/mol. The van der Waals surface area contributed by atoms with Gasteiger partial charge in [0.25, 0.3) is 5.91 Å². The number of halogens is 2. The number of aromatic hydroxyl groups is 1. The van der Waals surface area contributed by atoms with Gasteiger partial charge in [-0.15, -0.1) is 10.2 Å². The molecule has 4 heterocycles. The Morgan fingerprint density at radius 3 is 2.57 bits per heavy atom. The highest BCUT2D eigenvalue weighted by Crippen LogP contribution is 2.39. The van der Waals surface area contributed by atoms with Crippen molar-refractivity contribution in [1.82, 2.24) is 19.8 Å². The maximum Gasteiger partial charge on any atom is 0.278 e. The first-order valence-corrected chi connectivity index (χ1v) is 14.5. The van der Waals surface area contributed by atoms with Crippen LogP contribution in [0.25, 0.3) is 10.6 Å². The predicted molar refractivity (Wildman–Crippen MR) is 138 cm³/mol. The van der Waals surface area contributed by atoms with Gasteiger partial charge in [0, 0.05) is 56.6 Å². The van der Waals surface area contributed by atoms with E-state index < -0.39 is 43.9 Å². The molecule has 2 aliphatic rings. The fraction of sp³-hybridized carbons (Fsp3) is 0.375. The normalized spacial score (nSPS) is 23.5. The number of pyridine rings is 1. The Morgan fingerprint density at radius 2 is 1.92 bits per heavy atom. The molecule has 1 spiro atoms. The van der Waals surface area contributed by atoms with Gasteiger partial charge < -0.3 is 10.0 Å². The van der Waals surface area contributed by atoms with Gasteiger partial charge in [0.15, 0.2) is 16.5 Å². The van der Waals surface area contributed by atoms with E-state index in [0.717, 1.165) is 23.5 Å². The second-order valence-electron chi connectivity index (χ2n) is 9.26. The third-order valence-corrected chi connectivity index (χ3v) is 10.0. The molecule has 37 heavy (non-hydrogen) atoms. The largest absolute Gasteiger partial charge is 0.502 e. The molecule has 1 N–H and O–H groups in total. The SMILES string of the molecule is C=S1(=O)CCC2(CC1)N(CC)C(=O)c1c(O)c(=O)c(-c3nnc(Cc4ccc(F)cc4F)s3)cn1N2C.